The number of nitrogens with zero attached hydrogens (tertiary/aromatic N) is 2. The summed E-state index contributed by atoms with van der Waals surface area (Å²) in [5.41, 5.74) is 2.43. The van der Waals surface area contributed by atoms with E-state index in [1.165, 1.54) is 9.80 Å². The van der Waals surface area contributed by atoms with Crippen LogP contribution >= 0.6 is 10.0 Å². The molecule has 35 heavy (non-hydrogen) atoms. The largest absolute Gasteiger partial charge is 0.497 e. The van der Waals surface area contributed by atoms with Crippen molar-refractivity contribution in [2.45, 2.75) is 10.9 Å². The molecule has 4 aromatic rings. The second kappa shape index (κ2) is 9.84. The summed E-state index contributed by atoms with van der Waals surface area (Å²) < 4.78 is 5.27. The summed E-state index contributed by atoms with van der Waals surface area (Å²) in [5.74, 6) is 0.0802. The number of benzene rings is 2. The summed E-state index contributed by atoms with van der Waals surface area (Å²) in [5, 5.41) is 3.70. The molecule has 7 nitrogen and oxygen atoms in total. The summed E-state index contributed by atoms with van der Waals surface area (Å²) >= 11 is 0. The lowest BCUT2D eigenvalue weighted by atomic mass is 10.0. The highest BCUT2D eigenvalue weighted by atomic mass is 32.3. The maximum absolute atomic E-state index is 13.6. The molecule has 1 atom stereocenters. The van der Waals surface area contributed by atoms with Crippen LogP contribution in [0.4, 0.5) is 5.69 Å². The first-order valence-corrected chi connectivity index (χ1v) is 14.0. The molecule has 0 radical (unpaired) electrons. The first-order valence-electron chi connectivity index (χ1n) is 11.1. The molecule has 182 valence electrons. The number of methoxy groups -OCH3 is 1. The second-order valence-corrected chi connectivity index (χ2v) is 13.2. The fraction of sp³-hybridized carbons (Fsp3) is 0.222. The van der Waals surface area contributed by atoms with Gasteiger partial charge in [-0.25, -0.2) is 15.0 Å². The third-order valence-electron chi connectivity index (χ3n) is 5.90. The van der Waals surface area contributed by atoms with Crippen LogP contribution in [0.25, 0.3) is 11.0 Å². The summed E-state index contributed by atoms with van der Waals surface area (Å²) in [4.78, 5) is 37.1. The van der Waals surface area contributed by atoms with Gasteiger partial charge in [-0.3, -0.25) is 9.59 Å². The van der Waals surface area contributed by atoms with Crippen LogP contribution in [0.3, 0.4) is 0 Å². The number of hydrogen-bond acceptors (Lipinski definition) is 4. The normalized spacial score (nSPS) is 12.7. The summed E-state index contributed by atoms with van der Waals surface area (Å²) in [6.45, 7) is 0. The van der Waals surface area contributed by atoms with E-state index in [-0.39, 0.29) is 11.8 Å². The van der Waals surface area contributed by atoms with E-state index < -0.39 is 16.1 Å². The molecule has 0 aliphatic heterocycles. The van der Waals surface area contributed by atoms with Gasteiger partial charge in [-0.15, -0.1) is 0 Å². The zero-order valence-electron chi connectivity index (χ0n) is 20.5. The molecule has 2 aromatic heterocycles. The number of hydrogen-bond donors (Lipinski definition) is 2. The monoisotopic (exact) mass is 490 g/mol. The lowest BCUT2D eigenvalue weighted by Crippen LogP contribution is -2.38. The molecule has 0 saturated heterocycles. The molecule has 0 fully saturated rings. The van der Waals surface area contributed by atoms with E-state index in [1.807, 2.05) is 30.3 Å². The Hall–Kier alpha value is -3.78. The van der Waals surface area contributed by atoms with Crippen molar-refractivity contribution in [2.24, 2.45) is 0 Å². The number of carbonyl (C=O) groups excluding carboxylic acids is 2. The van der Waals surface area contributed by atoms with Crippen molar-refractivity contribution < 1.29 is 14.3 Å². The van der Waals surface area contributed by atoms with Crippen LogP contribution in [0.15, 0.2) is 78.0 Å². The number of amides is 2. The third kappa shape index (κ3) is 5.17. The first-order chi connectivity index (χ1) is 16.7. The zero-order chi connectivity index (χ0) is 25.2. The highest BCUT2D eigenvalue weighted by Gasteiger charge is 2.30. The smallest absolute Gasteiger partial charge is 0.256 e. The van der Waals surface area contributed by atoms with E-state index in [0.717, 1.165) is 0 Å². The Labute approximate surface area is 206 Å². The molecule has 4 rings (SSSR count). The Bertz CT molecular complexity index is 1340. The van der Waals surface area contributed by atoms with Crippen molar-refractivity contribution in [1.82, 2.24) is 14.9 Å². The van der Waals surface area contributed by atoms with E-state index in [1.54, 1.807) is 56.9 Å². The molecule has 2 N–H and O–H groups in total. The number of anilines is 1. The van der Waals surface area contributed by atoms with Crippen molar-refractivity contribution in [2.75, 3.05) is 38.2 Å². The summed E-state index contributed by atoms with van der Waals surface area (Å²) in [7, 11) is 2.36. The van der Waals surface area contributed by atoms with Crippen LogP contribution in [0, 0.1) is 0 Å². The molecule has 0 aliphatic rings. The van der Waals surface area contributed by atoms with Crippen molar-refractivity contribution in [3.05, 3.63) is 84.2 Å². The Kier molecular flexibility index (Phi) is 6.84. The maximum Gasteiger partial charge on any atom is 0.256 e. The van der Waals surface area contributed by atoms with Gasteiger partial charge in [0.25, 0.3) is 11.8 Å². The zero-order valence-corrected chi connectivity index (χ0v) is 21.3. The average Bonchev–Trinajstić information content (AvgIpc) is 3.28. The van der Waals surface area contributed by atoms with Gasteiger partial charge in [-0.05, 0) is 77.8 Å². The minimum Gasteiger partial charge on any atom is -0.497 e. The number of aromatic nitrogens is 2. The quantitative estimate of drug-likeness (QED) is 0.378. The number of ether oxygens (including phenoxy) is 1. The van der Waals surface area contributed by atoms with E-state index in [9.17, 15) is 9.59 Å². The number of pyridine rings is 1. The molecule has 0 spiro atoms. The van der Waals surface area contributed by atoms with Crippen LogP contribution in [0.5, 0.6) is 5.75 Å². The van der Waals surface area contributed by atoms with Crippen LogP contribution in [-0.2, 0) is 4.79 Å². The number of carbonyl (C=O) groups is 2. The Balaban J connectivity index is 1.66. The Morgan fingerprint density at radius 3 is 2.34 bits per heavy atom. The van der Waals surface area contributed by atoms with Gasteiger partial charge in [0.2, 0.25) is 0 Å². The van der Waals surface area contributed by atoms with E-state index in [4.69, 9.17) is 4.74 Å². The molecular formula is C27H30N4O3S. The lowest BCUT2D eigenvalue weighted by molar-refractivity contribution is -0.120. The minimum atomic E-state index is -0.867. The SMILES string of the molecule is COc1ccc(C(C(=O)Nc2ccc(S(C)(C)C)cc2)N(C)C(=O)c2c[nH]c3ncccc23)cc1. The van der Waals surface area contributed by atoms with Gasteiger partial charge in [0.05, 0.1) is 12.7 Å². The highest BCUT2D eigenvalue weighted by Crippen LogP contribution is 2.45. The average molecular weight is 491 g/mol. The number of nitrogens with one attached hydrogen (secondary N) is 2. The van der Waals surface area contributed by atoms with Crippen molar-refractivity contribution in [1.29, 1.82) is 0 Å². The summed E-state index contributed by atoms with van der Waals surface area (Å²) in [6, 6.07) is 17.8. The first kappa shape index (κ1) is 24.3. The van der Waals surface area contributed by atoms with Gasteiger partial charge < -0.3 is 19.9 Å². The van der Waals surface area contributed by atoms with Crippen molar-refractivity contribution in [3.8, 4) is 5.75 Å². The number of rotatable bonds is 7. The molecule has 2 aromatic carbocycles. The van der Waals surface area contributed by atoms with E-state index >= 15 is 0 Å². The molecule has 1 unspecified atom stereocenters. The minimum absolute atomic E-state index is 0.285. The fourth-order valence-corrected chi connectivity index (χ4v) is 4.89. The van der Waals surface area contributed by atoms with Crippen LogP contribution < -0.4 is 10.1 Å². The number of aromatic amines is 1. The van der Waals surface area contributed by atoms with Gasteiger partial charge >= 0.3 is 0 Å². The second-order valence-electron chi connectivity index (χ2n) is 9.04. The number of H-pyrrole nitrogens is 1. The van der Waals surface area contributed by atoms with Gasteiger partial charge in [0, 0.05) is 30.5 Å². The topological polar surface area (TPSA) is 87.3 Å². The molecule has 2 amide bonds. The number of fused-ring (bicyclic) bond motifs is 1. The standard InChI is InChI=1S/C27H30N4O3S/c1-31(27(33)23-17-29-25-22(23)7-6-16-28-25)24(18-8-12-20(34-2)13-9-18)26(32)30-19-10-14-21(15-11-19)35(3,4)5/h6-17,24H,1-5H3,(H,28,29)(H,30,32). The predicted molar refractivity (Wildman–Crippen MR) is 143 cm³/mol. The van der Waals surface area contributed by atoms with Crippen LogP contribution in [0.1, 0.15) is 22.0 Å². The van der Waals surface area contributed by atoms with Gasteiger partial charge in [0.15, 0.2) is 0 Å². The van der Waals surface area contributed by atoms with Gasteiger partial charge in [-0.1, -0.05) is 12.1 Å². The Morgan fingerprint density at radius 2 is 1.71 bits per heavy atom. The van der Waals surface area contributed by atoms with Gasteiger partial charge in [-0.2, -0.15) is 0 Å². The third-order valence-corrected chi connectivity index (χ3v) is 7.58. The summed E-state index contributed by atoms with van der Waals surface area (Å²) in [6.07, 6.45) is 9.97. The highest BCUT2D eigenvalue weighted by molar-refractivity contribution is 8.32. The Morgan fingerprint density at radius 1 is 1.03 bits per heavy atom. The fourth-order valence-electron chi connectivity index (χ4n) is 3.93. The van der Waals surface area contributed by atoms with E-state index in [0.29, 0.717) is 33.6 Å². The molecule has 0 bridgehead atoms. The van der Waals surface area contributed by atoms with Crippen LogP contribution in [0.2, 0.25) is 0 Å². The molecule has 8 heteroatoms. The lowest BCUT2D eigenvalue weighted by Gasteiger charge is -2.28. The molecule has 2 heterocycles. The van der Waals surface area contributed by atoms with Crippen molar-refractivity contribution >= 4 is 38.6 Å². The van der Waals surface area contributed by atoms with Gasteiger partial charge in [0.1, 0.15) is 17.4 Å². The molecule has 0 saturated carbocycles. The molecular weight excluding hydrogens is 460 g/mol. The number of likely N-dealkylation sites (N-methyl/N-ethyl adjacent to an activating group) is 1. The molecule has 0 aliphatic carbocycles. The predicted octanol–water partition coefficient (Wildman–Crippen LogP) is 5.08. The van der Waals surface area contributed by atoms with E-state index in [2.05, 4.69) is 34.1 Å². The van der Waals surface area contributed by atoms with Crippen LogP contribution in [-0.4, -0.2) is 59.6 Å². The maximum atomic E-state index is 13.6. The van der Waals surface area contributed by atoms with Crippen molar-refractivity contribution in [3.63, 3.8) is 0 Å².